The predicted octanol–water partition coefficient (Wildman–Crippen LogP) is 3.09. The average Bonchev–Trinajstić information content (AvgIpc) is 2.05. The molecule has 0 fully saturated rings. The summed E-state index contributed by atoms with van der Waals surface area (Å²) >= 11 is 0. The number of ether oxygens (including phenoxy) is 1. The molecule has 1 aromatic carbocycles. The minimum atomic E-state index is 0.219. The summed E-state index contributed by atoms with van der Waals surface area (Å²) in [5, 5.41) is 0. The van der Waals surface area contributed by atoms with E-state index in [9.17, 15) is 0 Å². The summed E-state index contributed by atoms with van der Waals surface area (Å²) in [5.41, 5.74) is 2.60. The van der Waals surface area contributed by atoms with E-state index >= 15 is 0 Å². The van der Waals surface area contributed by atoms with E-state index in [1.165, 1.54) is 11.1 Å². The number of hydrogen-bond donors (Lipinski definition) is 0. The predicted molar refractivity (Wildman–Crippen MR) is 51.2 cm³/mol. The molecule has 0 N–H and O–H groups in total. The SMILES string of the molecule is CCOC(C)c1ccccc1C. The molecule has 1 unspecified atom stereocenters. The van der Waals surface area contributed by atoms with Gasteiger partial charge in [0.25, 0.3) is 0 Å². The minimum absolute atomic E-state index is 0.219. The lowest BCUT2D eigenvalue weighted by Gasteiger charge is -2.13. The molecule has 0 aromatic heterocycles. The quantitative estimate of drug-likeness (QED) is 0.667. The van der Waals surface area contributed by atoms with E-state index in [1.54, 1.807) is 0 Å². The van der Waals surface area contributed by atoms with Crippen molar-refractivity contribution in [3.05, 3.63) is 35.4 Å². The van der Waals surface area contributed by atoms with Crippen LogP contribution >= 0.6 is 0 Å². The Kier molecular flexibility index (Phi) is 3.30. The standard InChI is InChI=1S/C11H16O/c1-4-12-10(3)11-8-6-5-7-9(11)2/h5-8,10H,4H2,1-3H3. The summed E-state index contributed by atoms with van der Waals surface area (Å²) in [5.74, 6) is 0. The van der Waals surface area contributed by atoms with Gasteiger partial charge in [0.1, 0.15) is 0 Å². The first-order chi connectivity index (χ1) is 5.75. The number of rotatable bonds is 3. The third kappa shape index (κ3) is 2.08. The zero-order valence-corrected chi connectivity index (χ0v) is 8.00. The van der Waals surface area contributed by atoms with Crippen LogP contribution in [0, 0.1) is 6.92 Å². The van der Waals surface area contributed by atoms with Crippen LogP contribution in [-0.4, -0.2) is 6.61 Å². The van der Waals surface area contributed by atoms with Gasteiger partial charge < -0.3 is 4.74 Å². The molecule has 1 atom stereocenters. The van der Waals surface area contributed by atoms with Gasteiger partial charge in [0.05, 0.1) is 6.10 Å². The molecular formula is C11H16O. The molecule has 1 nitrogen and oxygen atoms in total. The van der Waals surface area contributed by atoms with Crippen molar-refractivity contribution >= 4 is 0 Å². The first kappa shape index (κ1) is 9.27. The fourth-order valence-corrected chi connectivity index (χ4v) is 1.38. The summed E-state index contributed by atoms with van der Waals surface area (Å²) in [4.78, 5) is 0. The Morgan fingerprint density at radius 3 is 2.58 bits per heavy atom. The van der Waals surface area contributed by atoms with E-state index in [0.717, 1.165) is 6.61 Å². The zero-order chi connectivity index (χ0) is 8.97. The highest BCUT2D eigenvalue weighted by Crippen LogP contribution is 2.19. The lowest BCUT2D eigenvalue weighted by molar-refractivity contribution is 0.0760. The molecule has 0 amide bonds. The van der Waals surface area contributed by atoms with Gasteiger partial charge in [-0.15, -0.1) is 0 Å². The third-order valence-corrected chi connectivity index (χ3v) is 2.04. The molecule has 0 saturated carbocycles. The maximum atomic E-state index is 5.51. The van der Waals surface area contributed by atoms with E-state index in [0.29, 0.717) is 0 Å². The maximum Gasteiger partial charge on any atom is 0.0799 e. The summed E-state index contributed by atoms with van der Waals surface area (Å²) in [6.07, 6.45) is 0.219. The van der Waals surface area contributed by atoms with Crippen LogP contribution in [0.1, 0.15) is 31.1 Å². The Hall–Kier alpha value is -0.820. The van der Waals surface area contributed by atoms with Crippen LogP contribution in [-0.2, 0) is 4.74 Å². The van der Waals surface area contributed by atoms with Gasteiger partial charge in [-0.1, -0.05) is 24.3 Å². The monoisotopic (exact) mass is 164 g/mol. The largest absolute Gasteiger partial charge is 0.374 e. The average molecular weight is 164 g/mol. The van der Waals surface area contributed by atoms with Crippen molar-refractivity contribution in [3.63, 3.8) is 0 Å². The first-order valence-electron chi connectivity index (χ1n) is 4.42. The van der Waals surface area contributed by atoms with Crippen LogP contribution in [0.5, 0.6) is 0 Å². The lowest BCUT2D eigenvalue weighted by Crippen LogP contribution is -2.00. The van der Waals surface area contributed by atoms with Crippen LogP contribution in [0.2, 0.25) is 0 Å². The van der Waals surface area contributed by atoms with Crippen LogP contribution in [0.15, 0.2) is 24.3 Å². The van der Waals surface area contributed by atoms with Crippen LogP contribution in [0.4, 0.5) is 0 Å². The smallest absolute Gasteiger partial charge is 0.0799 e. The van der Waals surface area contributed by atoms with Gasteiger partial charge in [-0.25, -0.2) is 0 Å². The first-order valence-corrected chi connectivity index (χ1v) is 4.42. The van der Waals surface area contributed by atoms with Crippen LogP contribution < -0.4 is 0 Å². The molecule has 0 aliphatic rings. The van der Waals surface area contributed by atoms with E-state index < -0.39 is 0 Å². The molecule has 0 heterocycles. The van der Waals surface area contributed by atoms with E-state index in [-0.39, 0.29) is 6.10 Å². The second-order valence-corrected chi connectivity index (χ2v) is 2.95. The van der Waals surface area contributed by atoms with Crippen molar-refractivity contribution in [2.45, 2.75) is 26.9 Å². The van der Waals surface area contributed by atoms with E-state index in [4.69, 9.17) is 4.74 Å². The molecule has 66 valence electrons. The van der Waals surface area contributed by atoms with Crippen LogP contribution in [0.25, 0.3) is 0 Å². The van der Waals surface area contributed by atoms with Crippen molar-refractivity contribution in [2.24, 2.45) is 0 Å². The normalized spacial score (nSPS) is 12.9. The second-order valence-electron chi connectivity index (χ2n) is 2.95. The van der Waals surface area contributed by atoms with Crippen LogP contribution in [0.3, 0.4) is 0 Å². The van der Waals surface area contributed by atoms with Crippen molar-refractivity contribution in [1.29, 1.82) is 0 Å². The van der Waals surface area contributed by atoms with Gasteiger partial charge >= 0.3 is 0 Å². The second kappa shape index (κ2) is 4.27. The molecular weight excluding hydrogens is 148 g/mol. The fourth-order valence-electron chi connectivity index (χ4n) is 1.38. The van der Waals surface area contributed by atoms with Gasteiger partial charge in [0.2, 0.25) is 0 Å². The van der Waals surface area contributed by atoms with Gasteiger partial charge in [0.15, 0.2) is 0 Å². The van der Waals surface area contributed by atoms with Gasteiger partial charge in [-0.05, 0) is 31.9 Å². The zero-order valence-electron chi connectivity index (χ0n) is 8.00. The van der Waals surface area contributed by atoms with E-state index in [1.807, 2.05) is 6.92 Å². The molecule has 1 rings (SSSR count). The maximum absolute atomic E-state index is 5.51. The third-order valence-electron chi connectivity index (χ3n) is 2.04. The van der Waals surface area contributed by atoms with Crippen molar-refractivity contribution in [1.82, 2.24) is 0 Å². The summed E-state index contributed by atoms with van der Waals surface area (Å²) < 4.78 is 5.51. The van der Waals surface area contributed by atoms with Gasteiger partial charge in [-0.3, -0.25) is 0 Å². The fraction of sp³-hybridized carbons (Fsp3) is 0.455. The molecule has 1 heteroatoms. The lowest BCUT2D eigenvalue weighted by atomic mass is 10.1. The van der Waals surface area contributed by atoms with Gasteiger partial charge in [-0.2, -0.15) is 0 Å². The summed E-state index contributed by atoms with van der Waals surface area (Å²) in [6, 6.07) is 8.34. The molecule has 0 bridgehead atoms. The molecule has 0 aliphatic heterocycles. The van der Waals surface area contributed by atoms with Crippen molar-refractivity contribution in [2.75, 3.05) is 6.61 Å². The highest BCUT2D eigenvalue weighted by Gasteiger charge is 2.05. The van der Waals surface area contributed by atoms with E-state index in [2.05, 4.69) is 38.1 Å². The Bertz CT molecular complexity index is 243. The number of aryl methyl sites for hydroxylation is 1. The molecule has 0 saturated heterocycles. The Balaban J connectivity index is 2.79. The van der Waals surface area contributed by atoms with Crippen molar-refractivity contribution in [3.8, 4) is 0 Å². The summed E-state index contributed by atoms with van der Waals surface area (Å²) in [6.45, 7) is 7.00. The Labute approximate surface area is 74.4 Å². The summed E-state index contributed by atoms with van der Waals surface area (Å²) in [7, 11) is 0. The molecule has 0 aliphatic carbocycles. The van der Waals surface area contributed by atoms with Crippen molar-refractivity contribution < 1.29 is 4.74 Å². The topological polar surface area (TPSA) is 9.23 Å². The number of hydrogen-bond acceptors (Lipinski definition) is 1. The minimum Gasteiger partial charge on any atom is -0.374 e. The molecule has 1 aromatic rings. The molecule has 0 radical (unpaired) electrons. The Morgan fingerprint density at radius 1 is 1.33 bits per heavy atom. The molecule has 0 spiro atoms. The highest BCUT2D eigenvalue weighted by molar-refractivity contribution is 5.27. The van der Waals surface area contributed by atoms with Gasteiger partial charge in [0, 0.05) is 6.61 Å². The number of benzene rings is 1. The molecule has 12 heavy (non-hydrogen) atoms. The Morgan fingerprint density at radius 2 is 2.00 bits per heavy atom. The highest BCUT2D eigenvalue weighted by atomic mass is 16.5.